The third kappa shape index (κ3) is 2.00. The molecule has 122 valence electrons. The molecular weight excluding hydrogens is 330 g/mol. The number of hydrogen-bond acceptors (Lipinski definition) is 5. The summed E-state index contributed by atoms with van der Waals surface area (Å²) >= 11 is 0. The molecule has 0 spiro atoms. The van der Waals surface area contributed by atoms with Crippen molar-refractivity contribution in [3.63, 3.8) is 0 Å². The second kappa shape index (κ2) is 4.81. The molecule has 4 aromatic rings. The van der Waals surface area contributed by atoms with Crippen LogP contribution in [0.3, 0.4) is 0 Å². The Balaban J connectivity index is 2.05. The van der Waals surface area contributed by atoms with Crippen LogP contribution in [-0.4, -0.2) is 22.5 Å². The van der Waals surface area contributed by atoms with Crippen LogP contribution in [0.1, 0.15) is 11.3 Å². The highest BCUT2D eigenvalue weighted by Gasteiger charge is 2.23. The monoisotopic (exact) mass is 343 g/mol. The first-order chi connectivity index (χ1) is 11.4. The summed E-state index contributed by atoms with van der Waals surface area (Å²) in [5.41, 5.74) is 1.94. The molecule has 0 saturated heterocycles. The first-order valence-corrected chi connectivity index (χ1v) is 8.65. The zero-order chi connectivity index (χ0) is 17.1. The molecule has 0 aliphatic carbocycles. The Kier molecular flexibility index (Phi) is 2.95. The van der Waals surface area contributed by atoms with Gasteiger partial charge in [0.2, 0.25) is 0 Å². The molecule has 0 unspecified atom stereocenters. The molecule has 0 atom stereocenters. The van der Waals surface area contributed by atoms with E-state index in [1.807, 2.05) is 6.92 Å². The number of fused-ring (bicyclic) bond motifs is 2. The first-order valence-electron chi connectivity index (χ1n) is 7.21. The fourth-order valence-electron chi connectivity index (χ4n) is 2.69. The van der Waals surface area contributed by atoms with E-state index >= 15 is 0 Å². The van der Waals surface area contributed by atoms with E-state index in [9.17, 15) is 13.2 Å². The van der Waals surface area contributed by atoms with E-state index in [-0.39, 0.29) is 10.4 Å². The molecule has 2 heterocycles. The number of benzene rings is 2. The molecule has 0 bridgehead atoms. The number of hydrogen-bond donors (Lipinski definition) is 1. The van der Waals surface area contributed by atoms with E-state index in [4.69, 9.17) is 4.52 Å². The zero-order valence-electron chi connectivity index (χ0n) is 12.9. The van der Waals surface area contributed by atoms with Crippen LogP contribution in [0.4, 0.5) is 0 Å². The number of aryl methyl sites for hydroxylation is 2. The van der Waals surface area contributed by atoms with Gasteiger partial charge in [0.05, 0.1) is 21.6 Å². The smallest absolute Gasteiger partial charge is 0.340 e. The van der Waals surface area contributed by atoms with Crippen molar-refractivity contribution in [2.45, 2.75) is 18.7 Å². The highest BCUT2D eigenvalue weighted by atomic mass is 32.2. The third-order valence-corrected chi connectivity index (χ3v) is 5.68. The van der Waals surface area contributed by atoms with Gasteiger partial charge in [-0.25, -0.2) is 13.2 Å². The van der Waals surface area contributed by atoms with Gasteiger partial charge in [0, 0.05) is 11.5 Å². The highest BCUT2D eigenvalue weighted by Crippen LogP contribution is 2.25. The molecule has 0 fully saturated rings. The van der Waals surface area contributed by atoms with Gasteiger partial charge in [0.25, 0.3) is 10.0 Å². The van der Waals surface area contributed by atoms with Crippen molar-refractivity contribution in [3.8, 4) is 0 Å². The second-order valence-corrected chi connectivity index (χ2v) is 7.43. The SMILES string of the molecule is Cc1ccc(S(=O)(=O)n2c(=O)[nH]c3cc4c(C)noc4cc32)cc1. The molecule has 0 saturated carbocycles. The number of aromatic amines is 1. The quantitative estimate of drug-likeness (QED) is 0.602. The van der Waals surface area contributed by atoms with Gasteiger partial charge >= 0.3 is 5.69 Å². The lowest BCUT2D eigenvalue weighted by atomic mass is 10.2. The molecular formula is C16H13N3O4S. The molecule has 8 heteroatoms. The predicted octanol–water partition coefficient (Wildman–Crippen LogP) is 2.32. The van der Waals surface area contributed by atoms with Crippen molar-refractivity contribution in [2.24, 2.45) is 0 Å². The first kappa shape index (κ1) is 14.7. The molecule has 2 aromatic carbocycles. The van der Waals surface area contributed by atoms with Gasteiger partial charge in [-0.3, -0.25) is 0 Å². The van der Waals surface area contributed by atoms with Crippen LogP contribution in [0, 0.1) is 13.8 Å². The molecule has 4 rings (SSSR count). The summed E-state index contributed by atoms with van der Waals surface area (Å²) in [6.45, 7) is 3.63. The minimum atomic E-state index is -4.02. The van der Waals surface area contributed by atoms with E-state index in [1.165, 1.54) is 18.2 Å². The maximum atomic E-state index is 12.9. The normalized spacial score (nSPS) is 12.2. The Morgan fingerprint density at radius 3 is 2.54 bits per heavy atom. The Morgan fingerprint density at radius 2 is 1.83 bits per heavy atom. The maximum absolute atomic E-state index is 12.9. The predicted molar refractivity (Wildman–Crippen MR) is 88.6 cm³/mol. The van der Waals surface area contributed by atoms with Gasteiger partial charge in [-0.2, -0.15) is 3.97 Å². The third-order valence-electron chi connectivity index (χ3n) is 3.97. The van der Waals surface area contributed by atoms with Crippen molar-refractivity contribution in [2.75, 3.05) is 0 Å². The van der Waals surface area contributed by atoms with Crippen LogP contribution in [0.2, 0.25) is 0 Å². The van der Waals surface area contributed by atoms with Gasteiger partial charge < -0.3 is 9.51 Å². The molecule has 0 aliphatic rings. The summed E-state index contributed by atoms with van der Waals surface area (Å²) in [6.07, 6.45) is 0. The minimum absolute atomic E-state index is 0.0462. The van der Waals surface area contributed by atoms with Crippen LogP contribution in [-0.2, 0) is 10.0 Å². The van der Waals surface area contributed by atoms with Crippen molar-refractivity contribution in [1.29, 1.82) is 0 Å². The number of H-pyrrole nitrogens is 1. The lowest BCUT2D eigenvalue weighted by Gasteiger charge is -2.06. The van der Waals surface area contributed by atoms with Crippen LogP contribution in [0.5, 0.6) is 0 Å². The van der Waals surface area contributed by atoms with Gasteiger partial charge in [-0.15, -0.1) is 0 Å². The van der Waals surface area contributed by atoms with E-state index < -0.39 is 15.7 Å². The lowest BCUT2D eigenvalue weighted by Crippen LogP contribution is -2.25. The number of nitrogens with one attached hydrogen (secondary N) is 1. The number of nitrogens with zero attached hydrogens (tertiary/aromatic N) is 2. The maximum Gasteiger partial charge on any atom is 0.340 e. The van der Waals surface area contributed by atoms with E-state index in [0.29, 0.717) is 16.8 Å². The second-order valence-electron chi connectivity index (χ2n) is 5.65. The van der Waals surface area contributed by atoms with E-state index in [1.54, 1.807) is 25.1 Å². The molecule has 1 N–H and O–H groups in total. The summed E-state index contributed by atoms with van der Waals surface area (Å²) in [5.74, 6) is 0. The van der Waals surface area contributed by atoms with Gasteiger partial charge in [0.15, 0.2) is 5.58 Å². The molecule has 0 radical (unpaired) electrons. The van der Waals surface area contributed by atoms with E-state index in [0.717, 1.165) is 14.9 Å². The summed E-state index contributed by atoms with van der Waals surface area (Å²) in [5, 5.41) is 4.58. The molecule has 7 nitrogen and oxygen atoms in total. The van der Waals surface area contributed by atoms with Gasteiger partial charge in [-0.1, -0.05) is 22.9 Å². The topological polar surface area (TPSA) is 98.0 Å². The highest BCUT2D eigenvalue weighted by molar-refractivity contribution is 7.90. The van der Waals surface area contributed by atoms with Crippen molar-refractivity contribution in [3.05, 3.63) is 58.1 Å². The van der Waals surface area contributed by atoms with Crippen molar-refractivity contribution >= 4 is 32.0 Å². The number of aromatic nitrogens is 3. The standard InChI is InChI=1S/C16H13N3O4S/c1-9-3-5-11(6-4-9)24(21,22)19-14-8-15-12(10(2)18-23-15)7-13(14)17-16(19)20/h3-8H,1-2H3,(H,17,20). The average molecular weight is 343 g/mol. The molecule has 0 amide bonds. The summed E-state index contributed by atoms with van der Waals surface area (Å²) in [6, 6.07) is 9.50. The largest absolute Gasteiger partial charge is 0.356 e. The Morgan fingerprint density at radius 1 is 1.12 bits per heavy atom. The Bertz CT molecular complexity index is 1240. The number of imidazole rings is 1. The Hall–Kier alpha value is -2.87. The number of rotatable bonds is 2. The van der Waals surface area contributed by atoms with Crippen LogP contribution in [0.15, 0.2) is 50.6 Å². The summed E-state index contributed by atoms with van der Waals surface area (Å²) in [4.78, 5) is 14.9. The lowest BCUT2D eigenvalue weighted by molar-refractivity contribution is 0.450. The fourth-order valence-corrected chi connectivity index (χ4v) is 4.06. The molecule has 0 aliphatic heterocycles. The summed E-state index contributed by atoms with van der Waals surface area (Å²) < 4.78 is 31.7. The van der Waals surface area contributed by atoms with Crippen LogP contribution in [0.25, 0.3) is 22.0 Å². The van der Waals surface area contributed by atoms with Crippen LogP contribution < -0.4 is 5.69 Å². The van der Waals surface area contributed by atoms with E-state index in [2.05, 4.69) is 10.1 Å². The molecule has 2 aromatic heterocycles. The fraction of sp³-hybridized carbons (Fsp3) is 0.125. The summed E-state index contributed by atoms with van der Waals surface area (Å²) in [7, 11) is -4.02. The minimum Gasteiger partial charge on any atom is -0.356 e. The van der Waals surface area contributed by atoms with Crippen molar-refractivity contribution in [1.82, 2.24) is 14.1 Å². The zero-order valence-corrected chi connectivity index (χ0v) is 13.7. The average Bonchev–Trinajstić information content (AvgIpc) is 3.05. The van der Waals surface area contributed by atoms with Gasteiger partial charge in [-0.05, 0) is 32.0 Å². The van der Waals surface area contributed by atoms with Gasteiger partial charge in [0.1, 0.15) is 0 Å². The molecule has 24 heavy (non-hydrogen) atoms. The Labute approximate surface area is 136 Å². The van der Waals surface area contributed by atoms with Crippen molar-refractivity contribution < 1.29 is 12.9 Å². The van der Waals surface area contributed by atoms with Crippen LogP contribution >= 0.6 is 0 Å².